The Morgan fingerprint density at radius 1 is 1.36 bits per heavy atom. The Balaban J connectivity index is 1.80. The minimum absolute atomic E-state index is 0.0734. The van der Waals surface area contributed by atoms with E-state index in [0.717, 1.165) is 12.1 Å². The molecule has 6 heteroatoms. The number of rotatable bonds is 6. The van der Waals surface area contributed by atoms with Gasteiger partial charge in [-0.25, -0.2) is 8.42 Å². The van der Waals surface area contributed by atoms with Crippen LogP contribution >= 0.6 is 0 Å². The Labute approximate surface area is 132 Å². The van der Waals surface area contributed by atoms with Crippen LogP contribution in [0.3, 0.4) is 0 Å². The van der Waals surface area contributed by atoms with Gasteiger partial charge in [0, 0.05) is 24.7 Å². The van der Waals surface area contributed by atoms with Crippen molar-refractivity contribution in [3.05, 3.63) is 29.3 Å². The summed E-state index contributed by atoms with van der Waals surface area (Å²) in [5.41, 5.74) is 3.50. The van der Waals surface area contributed by atoms with Crippen molar-refractivity contribution in [3.63, 3.8) is 0 Å². The maximum atomic E-state index is 11.9. The zero-order valence-electron chi connectivity index (χ0n) is 13.2. The Kier molecular flexibility index (Phi) is 5.45. The van der Waals surface area contributed by atoms with E-state index in [9.17, 15) is 13.2 Å². The molecule has 1 fully saturated rings. The molecule has 2 N–H and O–H groups in total. The van der Waals surface area contributed by atoms with Gasteiger partial charge in [0.25, 0.3) is 0 Å². The van der Waals surface area contributed by atoms with E-state index in [4.69, 9.17) is 0 Å². The smallest absolute Gasteiger partial charge is 0.222 e. The standard InChI is InChI=1S/C16H24N2O3S/c1-3-13-6-4-5-12(2)16(13)17-9-7-15(19)18-14-8-10-22(20,21)11-14/h4-6,14,17H,3,7-11H2,1-2H3,(H,18,19). The molecule has 0 spiro atoms. The molecule has 1 unspecified atom stereocenters. The lowest BCUT2D eigenvalue weighted by Gasteiger charge is -2.15. The van der Waals surface area contributed by atoms with Crippen molar-refractivity contribution in [3.8, 4) is 0 Å². The number of hydrogen-bond acceptors (Lipinski definition) is 4. The molecule has 1 heterocycles. The molecule has 0 bridgehead atoms. The molecule has 1 atom stereocenters. The fraction of sp³-hybridized carbons (Fsp3) is 0.562. The molecule has 2 rings (SSSR count). The molecule has 0 aromatic heterocycles. The summed E-state index contributed by atoms with van der Waals surface area (Å²) in [6.45, 7) is 4.70. The topological polar surface area (TPSA) is 75.3 Å². The Morgan fingerprint density at radius 3 is 2.77 bits per heavy atom. The molecule has 1 aliphatic rings. The van der Waals surface area contributed by atoms with Crippen molar-refractivity contribution in [1.82, 2.24) is 5.32 Å². The van der Waals surface area contributed by atoms with E-state index in [-0.39, 0.29) is 23.5 Å². The van der Waals surface area contributed by atoms with Gasteiger partial charge >= 0.3 is 0 Å². The van der Waals surface area contributed by atoms with E-state index in [0.29, 0.717) is 19.4 Å². The van der Waals surface area contributed by atoms with Crippen molar-refractivity contribution in [2.45, 2.75) is 39.2 Å². The maximum absolute atomic E-state index is 11.9. The third kappa shape index (κ3) is 4.47. The summed E-state index contributed by atoms with van der Waals surface area (Å²) in [5.74, 6) is 0.157. The van der Waals surface area contributed by atoms with Gasteiger partial charge in [-0.2, -0.15) is 0 Å². The van der Waals surface area contributed by atoms with Gasteiger partial charge in [0.1, 0.15) is 0 Å². The second kappa shape index (κ2) is 7.13. The Morgan fingerprint density at radius 2 is 2.14 bits per heavy atom. The van der Waals surface area contributed by atoms with Gasteiger partial charge in [-0.3, -0.25) is 4.79 Å². The highest BCUT2D eigenvalue weighted by atomic mass is 32.2. The van der Waals surface area contributed by atoms with E-state index in [2.05, 4.69) is 23.6 Å². The number of aryl methyl sites for hydroxylation is 2. The molecule has 1 aliphatic heterocycles. The van der Waals surface area contributed by atoms with Crippen molar-refractivity contribution in [2.75, 3.05) is 23.4 Å². The lowest BCUT2D eigenvalue weighted by Crippen LogP contribution is -2.36. The van der Waals surface area contributed by atoms with Crippen molar-refractivity contribution >= 4 is 21.4 Å². The first-order valence-corrected chi connectivity index (χ1v) is 9.55. The zero-order chi connectivity index (χ0) is 16.2. The number of hydrogen-bond donors (Lipinski definition) is 2. The highest BCUT2D eigenvalue weighted by Crippen LogP contribution is 2.20. The van der Waals surface area contributed by atoms with Crippen LogP contribution in [-0.4, -0.2) is 38.4 Å². The third-order valence-electron chi connectivity index (χ3n) is 3.99. The molecule has 122 valence electrons. The van der Waals surface area contributed by atoms with Gasteiger partial charge in [-0.15, -0.1) is 0 Å². The Hall–Kier alpha value is -1.56. The summed E-state index contributed by atoms with van der Waals surface area (Å²) < 4.78 is 22.7. The molecule has 1 aromatic carbocycles. The van der Waals surface area contributed by atoms with Gasteiger partial charge in [0.05, 0.1) is 11.5 Å². The second-order valence-electron chi connectivity index (χ2n) is 5.81. The van der Waals surface area contributed by atoms with Gasteiger partial charge in [0.15, 0.2) is 9.84 Å². The number of amides is 1. The van der Waals surface area contributed by atoms with Gasteiger partial charge in [-0.05, 0) is 30.9 Å². The largest absolute Gasteiger partial charge is 0.384 e. The normalized spacial score (nSPS) is 19.8. The van der Waals surface area contributed by atoms with Crippen LogP contribution < -0.4 is 10.6 Å². The number of anilines is 1. The maximum Gasteiger partial charge on any atom is 0.222 e. The van der Waals surface area contributed by atoms with Gasteiger partial charge < -0.3 is 10.6 Å². The molecule has 1 amide bonds. The minimum atomic E-state index is -2.95. The molecular formula is C16H24N2O3S. The van der Waals surface area contributed by atoms with Crippen LogP contribution in [0.4, 0.5) is 5.69 Å². The SMILES string of the molecule is CCc1cccc(C)c1NCCC(=O)NC1CCS(=O)(=O)C1. The van der Waals surface area contributed by atoms with E-state index in [1.54, 1.807) is 0 Å². The zero-order valence-corrected chi connectivity index (χ0v) is 14.0. The molecule has 1 saturated heterocycles. The highest BCUT2D eigenvalue weighted by molar-refractivity contribution is 7.91. The van der Waals surface area contributed by atoms with Crippen LogP contribution in [0, 0.1) is 6.92 Å². The average molecular weight is 324 g/mol. The predicted molar refractivity (Wildman–Crippen MR) is 88.9 cm³/mol. The van der Waals surface area contributed by atoms with E-state index in [1.165, 1.54) is 11.1 Å². The van der Waals surface area contributed by atoms with Gasteiger partial charge in [0.2, 0.25) is 5.91 Å². The number of carbonyl (C=O) groups is 1. The first kappa shape index (κ1) is 16.8. The summed E-state index contributed by atoms with van der Waals surface area (Å²) in [4.78, 5) is 11.9. The third-order valence-corrected chi connectivity index (χ3v) is 5.76. The molecule has 0 radical (unpaired) electrons. The van der Waals surface area contributed by atoms with Crippen molar-refractivity contribution in [2.24, 2.45) is 0 Å². The number of benzene rings is 1. The molecular weight excluding hydrogens is 300 g/mol. The number of para-hydroxylation sites is 1. The van der Waals surface area contributed by atoms with Crippen molar-refractivity contribution in [1.29, 1.82) is 0 Å². The van der Waals surface area contributed by atoms with Crippen molar-refractivity contribution < 1.29 is 13.2 Å². The molecule has 0 aliphatic carbocycles. The van der Waals surface area contributed by atoms with Crippen LogP contribution in [-0.2, 0) is 21.1 Å². The lowest BCUT2D eigenvalue weighted by atomic mass is 10.1. The van der Waals surface area contributed by atoms with Crippen LogP contribution in [0.5, 0.6) is 0 Å². The average Bonchev–Trinajstić information content (AvgIpc) is 2.79. The number of carbonyl (C=O) groups excluding carboxylic acids is 1. The quantitative estimate of drug-likeness (QED) is 0.834. The molecule has 1 aromatic rings. The van der Waals surface area contributed by atoms with Gasteiger partial charge in [-0.1, -0.05) is 25.1 Å². The predicted octanol–water partition coefficient (Wildman–Crippen LogP) is 1.66. The van der Waals surface area contributed by atoms with E-state index in [1.807, 2.05) is 19.1 Å². The number of nitrogens with one attached hydrogen (secondary N) is 2. The molecule has 5 nitrogen and oxygen atoms in total. The summed E-state index contributed by atoms with van der Waals surface area (Å²) in [5, 5.41) is 6.13. The van der Waals surface area contributed by atoms with Crippen LogP contribution in [0.15, 0.2) is 18.2 Å². The second-order valence-corrected chi connectivity index (χ2v) is 8.04. The lowest BCUT2D eigenvalue weighted by molar-refractivity contribution is -0.121. The van der Waals surface area contributed by atoms with Crippen LogP contribution in [0.2, 0.25) is 0 Å². The minimum Gasteiger partial charge on any atom is -0.384 e. The first-order valence-electron chi connectivity index (χ1n) is 7.73. The Bertz CT molecular complexity index is 641. The van der Waals surface area contributed by atoms with Crippen LogP contribution in [0.25, 0.3) is 0 Å². The first-order chi connectivity index (χ1) is 10.4. The summed E-state index contributed by atoms with van der Waals surface area (Å²) in [6, 6.07) is 5.94. The summed E-state index contributed by atoms with van der Waals surface area (Å²) in [7, 11) is -2.95. The number of sulfone groups is 1. The summed E-state index contributed by atoms with van der Waals surface area (Å²) >= 11 is 0. The fourth-order valence-corrected chi connectivity index (χ4v) is 4.46. The van der Waals surface area contributed by atoms with E-state index < -0.39 is 9.84 Å². The molecule has 0 saturated carbocycles. The van der Waals surface area contributed by atoms with Crippen LogP contribution in [0.1, 0.15) is 30.9 Å². The summed E-state index contributed by atoms with van der Waals surface area (Å²) in [6.07, 6.45) is 1.81. The fourth-order valence-electron chi connectivity index (χ4n) is 2.79. The monoisotopic (exact) mass is 324 g/mol. The molecule has 22 heavy (non-hydrogen) atoms. The highest BCUT2D eigenvalue weighted by Gasteiger charge is 2.28. The van der Waals surface area contributed by atoms with E-state index >= 15 is 0 Å².